The lowest BCUT2D eigenvalue weighted by molar-refractivity contribution is 0.0988. The maximum atomic E-state index is 12.9. The number of nitrogens with zero attached hydrogens (tertiary/aromatic N) is 4. The fourth-order valence-corrected chi connectivity index (χ4v) is 3.08. The Morgan fingerprint density at radius 1 is 1.15 bits per heavy atom. The molecule has 2 aromatic heterocycles. The van der Waals surface area contributed by atoms with Gasteiger partial charge in [0, 0.05) is 30.9 Å². The second kappa shape index (κ2) is 7.51. The van der Waals surface area contributed by atoms with Crippen LogP contribution in [0.3, 0.4) is 0 Å². The molecule has 1 aliphatic heterocycles. The first-order chi connectivity index (χ1) is 13.2. The van der Waals surface area contributed by atoms with Crippen molar-refractivity contribution in [1.82, 2.24) is 15.0 Å². The number of pyridine rings is 1. The highest BCUT2D eigenvalue weighted by Gasteiger charge is 2.26. The number of carbonyl (C=O) groups excluding carboxylic acids is 1. The summed E-state index contributed by atoms with van der Waals surface area (Å²) >= 11 is 0. The summed E-state index contributed by atoms with van der Waals surface area (Å²) in [6, 6.07) is 13.0. The zero-order valence-electron chi connectivity index (χ0n) is 14.7. The van der Waals surface area contributed by atoms with Crippen molar-refractivity contribution in [2.45, 2.75) is 19.6 Å². The Balaban J connectivity index is 1.48. The van der Waals surface area contributed by atoms with E-state index in [1.54, 1.807) is 17.2 Å². The Morgan fingerprint density at radius 3 is 2.96 bits per heavy atom. The first-order valence-corrected chi connectivity index (χ1v) is 8.73. The van der Waals surface area contributed by atoms with Crippen LogP contribution in [0.25, 0.3) is 0 Å². The highest BCUT2D eigenvalue weighted by molar-refractivity contribution is 6.06. The van der Waals surface area contributed by atoms with E-state index in [1.165, 1.54) is 6.33 Å². The van der Waals surface area contributed by atoms with Crippen molar-refractivity contribution in [3.8, 4) is 5.88 Å². The van der Waals surface area contributed by atoms with Crippen LogP contribution >= 0.6 is 0 Å². The van der Waals surface area contributed by atoms with Crippen LogP contribution in [0.1, 0.15) is 27.2 Å². The first-order valence-electron chi connectivity index (χ1n) is 8.73. The Labute approximate surface area is 156 Å². The van der Waals surface area contributed by atoms with Crippen molar-refractivity contribution in [2.75, 3.05) is 11.4 Å². The van der Waals surface area contributed by atoms with Crippen LogP contribution in [0.5, 0.6) is 5.88 Å². The average Bonchev–Trinajstić information content (AvgIpc) is 3.16. The minimum atomic E-state index is -0.0539. The molecule has 2 N–H and O–H groups in total. The number of aromatic nitrogens is 3. The van der Waals surface area contributed by atoms with E-state index < -0.39 is 0 Å². The Morgan fingerprint density at radius 2 is 2.07 bits per heavy atom. The summed E-state index contributed by atoms with van der Waals surface area (Å²) in [6.45, 7) is 1.28. The average molecular weight is 361 g/mol. The molecule has 1 aliphatic rings. The molecule has 1 aromatic carbocycles. The summed E-state index contributed by atoms with van der Waals surface area (Å²) in [6.07, 6.45) is 3.97. The molecule has 3 aromatic rings. The Bertz CT molecular complexity index is 976. The summed E-state index contributed by atoms with van der Waals surface area (Å²) < 4.78 is 5.71. The van der Waals surface area contributed by atoms with Crippen molar-refractivity contribution < 1.29 is 9.53 Å². The van der Waals surface area contributed by atoms with Gasteiger partial charge in [0.25, 0.3) is 5.91 Å². The third-order valence-electron chi connectivity index (χ3n) is 4.44. The predicted molar refractivity (Wildman–Crippen MR) is 100 cm³/mol. The molecule has 1 amide bonds. The van der Waals surface area contributed by atoms with Gasteiger partial charge < -0.3 is 10.5 Å². The number of hydrogen-bond donors (Lipinski definition) is 1. The molecule has 136 valence electrons. The quantitative estimate of drug-likeness (QED) is 0.748. The fraction of sp³-hybridized carbons (Fsp3) is 0.200. The summed E-state index contributed by atoms with van der Waals surface area (Å²) in [5.41, 5.74) is 8.89. The number of rotatable bonds is 5. The molecule has 4 rings (SSSR count). The summed E-state index contributed by atoms with van der Waals surface area (Å²) in [5, 5.41) is 0. The van der Waals surface area contributed by atoms with Gasteiger partial charge >= 0.3 is 0 Å². The van der Waals surface area contributed by atoms with Gasteiger partial charge in [-0.2, -0.15) is 0 Å². The normalized spacial score (nSPS) is 12.7. The van der Waals surface area contributed by atoms with Crippen LogP contribution in [0.4, 0.5) is 5.82 Å². The van der Waals surface area contributed by atoms with Crippen LogP contribution in [0.15, 0.2) is 55.0 Å². The largest absolute Gasteiger partial charge is 0.473 e. The van der Waals surface area contributed by atoms with Gasteiger partial charge in [-0.15, -0.1) is 0 Å². The van der Waals surface area contributed by atoms with E-state index in [1.807, 2.05) is 36.4 Å². The second-order valence-corrected chi connectivity index (χ2v) is 6.23. The molecule has 0 unspecified atom stereocenters. The van der Waals surface area contributed by atoms with Crippen molar-refractivity contribution in [2.24, 2.45) is 5.73 Å². The second-order valence-electron chi connectivity index (χ2n) is 6.23. The number of hydrogen-bond acceptors (Lipinski definition) is 6. The third kappa shape index (κ3) is 3.63. The van der Waals surface area contributed by atoms with Crippen molar-refractivity contribution in [3.63, 3.8) is 0 Å². The molecule has 0 radical (unpaired) electrons. The monoisotopic (exact) mass is 361 g/mol. The molecule has 0 aliphatic carbocycles. The number of fused-ring (bicyclic) bond motifs is 1. The molecule has 0 atom stereocenters. The number of carbonyl (C=O) groups is 1. The number of amides is 1. The number of nitrogens with two attached hydrogens (primary N) is 1. The van der Waals surface area contributed by atoms with E-state index in [0.29, 0.717) is 36.8 Å². The van der Waals surface area contributed by atoms with Crippen LogP contribution < -0.4 is 15.4 Å². The molecule has 0 spiro atoms. The lowest BCUT2D eigenvalue weighted by Gasteiger charge is -2.16. The summed E-state index contributed by atoms with van der Waals surface area (Å²) in [7, 11) is 0. The van der Waals surface area contributed by atoms with Gasteiger partial charge in [0.05, 0.1) is 5.69 Å². The van der Waals surface area contributed by atoms with Gasteiger partial charge in [0.1, 0.15) is 18.8 Å². The fourth-order valence-electron chi connectivity index (χ4n) is 3.08. The molecular formula is C20H19N5O2. The molecular weight excluding hydrogens is 342 g/mol. The third-order valence-corrected chi connectivity index (χ3v) is 4.44. The van der Waals surface area contributed by atoms with Gasteiger partial charge in [-0.1, -0.05) is 18.2 Å². The van der Waals surface area contributed by atoms with Crippen LogP contribution in [0, 0.1) is 0 Å². The SMILES string of the molecule is NCc1cc(OCc2cccc(C(=O)N3CCc4cccnc43)c2)ncn1. The maximum absolute atomic E-state index is 12.9. The van der Waals surface area contributed by atoms with Crippen molar-refractivity contribution in [3.05, 3.63) is 77.4 Å². The van der Waals surface area contributed by atoms with Crippen molar-refractivity contribution >= 4 is 11.7 Å². The van der Waals surface area contributed by atoms with E-state index in [0.717, 1.165) is 23.4 Å². The van der Waals surface area contributed by atoms with Gasteiger partial charge in [-0.25, -0.2) is 15.0 Å². The molecule has 3 heterocycles. The molecule has 0 saturated carbocycles. The number of anilines is 1. The highest BCUT2D eigenvalue weighted by Crippen LogP contribution is 2.26. The molecule has 27 heavy (non-hydrogen) atoms. The molecule has 0 bridgehead atoms. The number of benzene rings is 1. The Kier molecular flexibility index (Phi) is 4.76. The lowest BCUT2D eigenvalue weighted by Crippen LogP contribution is -2.29. The van der Waals surface area contributed by atoms with Gasteiger partial charge in [-0.05, 0) is 35.7 Å². The van der Waals surface area contributed by atoms with E-state index in [2.05, 4.69) is 15.0 Å². The summed E-state index contributed by atoms with van der Waals surface area (Å²) in [5.74, 6) is 1.15. The minimum absolute atomic E-state index is 0.0539. The van der Waals surface area contributed by atoms with Gasteiger partial charge in [0.2, 0.25) is 5.88 Å². The Hall–Kier alpha value is -3.32. The standard InChI is InChI=1S/C20H19N5O2/c21-11-17-10-18(24-13-23-17)27-12-14-3-1-4-16(9-14)20(26)25-8-6-15-5-2-7-22-19(15)25/h1-5,7,9-10,13H,6,8,11-12,21H2. The molecule has 0 fully saturated rings. The molecule has 7 nitrogen and oxygen atoms in total. The zero-order valence-corrected chi connectivity index (χ0v) is 14.7. The lowest BCUT2D eigenvalue weighted by atomic mass is 10.1. The van der Waals surface area contributed by atoms with Crippen molar-refractivity contribution in [1.29, 1.82) is 0 Å². The van der Waals surface area contributed by atoms with Crippen LogP contribution in [-0.4, -0.2) is 27.4 Å². The van der Waals surface area contributed by atoms with Crippen LogP contribution in [0.2, 0.25) is 0 Å². The molecule has 0 saturated heterocycles. The number of ether oxygens (including phenoxy) is 1. The molecule has 7 heteroatoms. The minimum Gasteiger partial charge on any atom is -0.473 e. The van der Waals surface area contributed by atoms with E-state index in [-0.39, 0.29) is 5.91 Å². The smallest absolute Gasteiger partial charge is 0.259 e. The van der Waals surface area contributed by atoms with Gasteiger partial charge in [0.15, 0.2) is 0 Å². The predicted octanol–water partition coefficient (Wildman–Crippen LogP) is 2.11. The summed E-state index contributed by atoms with van der Waals surface area (Å²) in [4.78, 5) is 27.1. The van der Waals surface area contributed by atoms with E-state index in [4.69, 9.17) is 10.5 Å². The first kappa shape index (κ1) is 17.1. The maximum Gasteiger partial charge on any atom is 0.259 e. The van der Waals surface area contributed by atoms with Gasteiger partial charge in [-0.3, -0.25) is 9.69 Å². The topological polar surface area (TPSA) is 94.2 Å². The van der Waals surface area contributed by atoms with E-state index >= 15 is 0 Å². The highest BCUT2D eigenvalue weighted by atomic mass is 16.5. The zero-order chi connectivity index (χ0) is 18.6. The van der Waals surface area contributed by atoms with Crippen LogP contribution in [-0.2, 0) is 19.6 Å². The van der Waals surface area contributed by atoms with E-state index in [9.17, 15) is 4.79 Å².